The summed E-state index contributed by atoms with van der Waals surface area (Å²) in [5, 5.41) is 19.1. The SMILES string of the molecule is COc1ccc2ncc(F)c(NC(=O)C3C[C@H](CNCc4ccc5c(n4)NC(=O)CO5)[C@H](O)C3)c2n1. The summed E-state index contributed by atoms with van der Waals surface area (Å²) in [5.74, 6) is -0.832. The van der Waals surface area contributed by atoms with Crippen molar-refractivity contribution in [3.8, 4) is 11.6 Å². The van der Waals surface area contributed by atoms with E-state index < -0.39 is 17.8 Å². The standard InChI is InChI=1S/C24H25FN6O5/c1-35-20-5-3-16-22(30-20)21(15(25)10-27-16)31-24(34)12-6-13(17(32)7-12)8-26-9-14-2-4-18-23(28-14)29-19(33)11-36-18/h2-5,10,12-13,17,26,32H,6-9,11H2,1H3,(H,27,31,34)(H,28,29,33)/t12?,13-,17-/m1/s1. The largest absolute Gasteiger partial charge is 0.481 e. The van der Waals surface area contributed by atoms with Gasteiger partial charge in [0.2, 0.25) is 11.8 Å². The number of fused-ring (bicyclic) bond motifs is 2. The highest BCUT2D eigenvalue weighted by molar-refractivity contribution is 6.00. The minimum Gasteiger partial charge on any atom is -0.481 e. The van der Waals surface area contributed by atoms with Gasteiger partial charge in [0, 0.05) is 25.1 Å². The highest BCUT2D eigenvalue weighted by Gasteiger charge is 2.37. The Bertz CT molecular complexity index is 1320. The van der Waals surface area contributed by atoms with Gasteiger partial charge in [-0.25, -0.2) is 14.4 Å². The van der Waals surface area contributed by atoms with E-state index in [1.807, 2.05) is 0 Å². The molecule has 3 aromatic rings. The molecule has 0 bridgehead atoms. The molecule has 0 radical (unpaired) electrons. The van der Waals surface area contributed by atoms with Crippen molar-refractivity contribution in [3.63, 3.8) is 0 Å². The molecule has 3 aromatic heterocycles. The number of halogens is 1. The molecule has 12 heteroatoms. The van der Waals surface area contributed by atoms with Crippen molar-refractivity contribution in [3.05, 3.63) is 42.0 Å². The second-order valence-electron chi connectivity index (χ2n) is 8.80. The van der Waals surface area contributed by atoms with Crippen LogP contribution in [0.1, 0.15) is 18.5 Å². The van der Waals surface area contributed by atoms with Gasteiger partial charge in [0.05, 0.1) is 30.6 Å². The van der Waals surface area contributed by atoms with Crippen molar-refractivity contribution in [1.82, 2.24) is 20.3 Å². The van der Waals surface area contributed by atoms with Crippen LogP contribution >= 0.6 is 0 Å². The topological polar surface area (TPSA) is 148 Å². The molecule has 1 aliphatic heterocycles. The minimum absolute atomic E-state index is 0.0324. The van der Waals surface area contributed by atoms with E-state index in [9.17, 15) is 19.1 Å². The predicted octanol–water partition coefficient (Wildman–Crippen LogP) is 1.62. The summed E-state index contributed by atoms with van der Waals surface area (Å²) < 4.78 is 25.0. The van der Waals surface area contributed by atoms with Crippen LogP contribution in [0, 0.1) is 17.7 Å². The first-order valence-electron chi connectivity index (χ1n) is 11.5. The van der Waals surface area contributed by atoms with Gasteiger partial charge in [-0.15, -0.1) is 0 Å². The number of nitrogens with zero attached hydrogens (tertiary/aromatic N) is 3. The molecule has 0 saturated heterocycles. The van der Waals surface area contributed by atoms with Crippen LogP contribution in [0.15, 0.2) is 30.5 Å². The van der Waals surface area contributed by atoms with Gasteiger partial charge < -0.3 is 30.5 Å². The molecule has 0 aromatic carbocycles. The molecule has 5 rings (SSSR count). The smallest absolute Gasteiger partial charge is 0.263 e. The third kappa shape index (κ3) is 4.90. The first kappa shape index (κ1) is 23.8. The third-order valence-corrected chi connectivity index (χ3v) is 6.37. The minimum atomic E-state index is -0.701. The number of hydrogen-bond acceptors (Lipinski definition) is 9. The van der Waals surface area contributed by atoms with Crippen LogP contribution in [-0.2, 0) is 16.1 Å². The molecule has 3 atom stereocenters. The highest BCUT2D eigenvalue weighted by Crippen LogP contribution is 2.33. The monoisotopic (exact) mass is 496 g/mol. The summed E-state index contributed by atoms with van der Waals surface area (Å²) >= 11 is 0. The van der Waals surface area contributed by atoms with Crippen molar-refractivity contribution >= 4 is 34.4 Å². The number of aliphatic hydroxyl groups is 1. The van der Waals surface area contributed by atoms with Gasteiger partial charge in [-0.05, 0) is 37.0 Å². The number of carbonyl (C=O) groups excluding carboxylic acids is 2. The molecule has 1 aliphatic carbocycles. The molecule has 1 saturated carbocycles. The van der Waals surface area contributed by atoms with E-state index in [0.29, 0.717) is 42.3 Å². The lowest BCUT2D eigenvalue weighted by molar-refractivity contribution is -0.120. The molecular weight excluding hydrogens is 471 g/mol. The molecular formula is C24H25FN6O5. The Morgan fingerprint density at radius 3 is 2.97 bits per heavy atom. The van der Waals surface area contributed by atoms with E-state index in [0.717, 1.165) is 6.20 Å². The number of anilines is 2. The number of pyridine rings is 3. The van der Waals surface area contributed by atoms with Gasteiger partial charge >= 0.3 is 0 Å². The number of aliphatic hydroxyl groups excluding tert-OH is 1. The van der Waals surface area contributed by atoms with E-state index in [1.165, 1.54) is 7.11 Å². The highest BCUT2D eigenvalue weighted by atomic mass is 19.1. The van der Waals surface area contributed by atoms with E-state index in [-0.39, 0.29) is 47.8 Å². The maximum atomic E-state index is 14.6. The normalized spacial score (nSPS) is 21.0. The lowest BCUT2D eigenvalue weighted by Gasteiger charge is -2.18. The van der Waals surface area contributed by atoms with E-state index in [1.54, 1.807) is 24.3 Å². The van der Waals surface area contributed by atoms with Gasteiger partial charge in [-0.1, -0.05) is 0 Å². The fourth-order valence-corrected chi connectivity index (χ4v) is 4.51. The molecule has 2 aliphatic rings. The fraction of sp³-hybridized carbons (Fsp3) is 0.375. The number of ether oxygens (including phenoxy) is 2. The molecule has 2 amide bonds. The molecule has 0 spiro atoms. The van der Waals surface area contributed by atoms with Gasteiger partial charge in [0.25, 0.3) is 5.91 Å². The number of carbonyl (C=O) groups is 2. The maximum Gasteiger partial charge on any atom is 0.263 e. The Morgan fingerprint density at radius 1 is 1.28 bits per heavy atom. The first-order chi connectivity index (χ1) is 17.4. The van der Waals surface area contributed by atoms with E-state index >= 15 is 0 Å². The summed E-state index contributed by atoms with van der Waals surface area (Å²) in [6.45, 7) is 0.831. The van der Waals surface area contributed by atoms with Crippen molar-refractivity contribution < 1.29 is 28.6 Å². The van der Waals surface area contributed by atoms with Crippen molar-refractivity contribution in [2.75, 3.05) is 30.9 Å². The molecule has 1 unspecified atom stereocenters. The number of nitrogens with one attached hydrogen (secondary N) is 3. The summed E-state index contributed by atoms with van der Waals surface area (Å²) in [7, 11) is 1.45. The van der Waals surface area contributed by atoms with Crippen LogP contribution in [0.3, 0.4) is 0 Å². The zero-order chi connectivity index (χ0) is 25.2. The van der Waals surface area contributed by atoms with Crippen molar-refractivity contribution in [2.24, 2.45) is 11.8 Å². The van der Waals surface area contributed by atoms with Gasteiger partial charge in [-0.3, -0.25) is 14.6 Å². The number of hydrogen-bond donors (Lipinski definition) is 4. The van der Waals surface area contributed by atoms with Crippen molar-refractivity contribution in [2.45, 2.75) is 25.5 Å². The Morgan fingerprint density at radius 2 is 2.14 bits per heavy atom. The summed E-state index contributed by atoms with van der Waals surface area (Å²) in [6.07, 6.45) is 1.05. The Labute approximate surface area is 205 Å². The molecule has 11 nitrogen and oxygen atoms in total. The quantitative estimate of drug-likeness (QED) is 0.383. The summed E-state index contributed by atoms with van der Waals surface area (Å²) in [5.41, 5.74) is 1.25. The fourth-order valence-electron chi connectivity index (χ4n) is 4.51. The number of methoxy groups -OCH3 is 1. The number of aromatic nitrogens is 3. The first-order valence-corrected chi connectivity index (χ1v) is 11.5. The van der Waals surface area contributed by atoms with Crippen LogP contribution in [0.4, 0.5) is 15.9 Å². The molecule has 188 valence electrons. The average molecular weight is 496 g/mol. The molecule has 36 heavy (non-hydrogen) atoms. The lowest BCUT2D eigenvalue weighted by Crippen LogP contribution is -2.29. The number of amides is 2. The second-order valence-corrected chi connectivity index (χ2v) is 8.80. The Kier molecular flexibility index (Phi) is 6.61. The van der Waals surface area contributed by atoms with Gasteiger partial charge in [0.1, 0.15) is 11.2 Å². The van der Waals surface area contributed by atoms with E-state index in [2.05, 4.69) is 30.9 Å². The third-order valence-electron chi connectivity index (χ3n) is 6.37. The second kappa shape index (κ2) is 9.99. The zero-order valence-corrected chi connectivity index (χ0v) is 19.5. The van der Waals surface area contributed by atoms with Crippen LogP contribution in [0.5, 0.6) is 11.6 Å². The maximum absolute atomic E-state index is 14.6. The van der Waals surface area contributed by atoms with Gasteiger partial charge in [-0.2, -0.15) is 0 Å². The number of rotatable bonds is 7. The molecule has 4 N–H and O–H groups in total. The summed E-state index contributed by atoms with van der Waals surface area (Å²) in [6, 6.07) is 6.78. The molecule has 4 heterocycles. The molecule has 1 fully saturated rings. The Balaban J connectivity index is 1.19. The predicted molar refractivity (Wildman–Crippen MR) is 127 cm³/mol. The van der Waals surface area contributed by atoms with Crippen LogP contribution in [0.25, 0.3) is 11.0 Å². The average Bonchev–Trinajstić information content (AvgIpc) is 3.25. The van der Waals surface area contributed by atoms with Gasteiger partial charge in [0.15, 0.2) is 24.0 Å². The van der Waals surface area contributed by atoms with Crippen LogP contribution < -0.4 is 25.4 Å². The van der Waals surface area contributed by atoms with Crippen LogP contribution in [0.2, 0.25) is 0 Å². The summed E-state index contributed by atoms with van der Waals surface area (Å²) in [4.78, 5) is 37.1. The zero-order valence-electron chi connectivity index (χ0n) is 19.5. The van der Waals surface area contributed by atoms with Crippen molar-refractivity contribution in [1.29, 1.82) is 0 Å². The Hall–Kier alpha value is -3.90. The van der Waals surface area contributed by atoms with Crippen LogP contribution in [-0.4, -0.2) is 58.2 Å². The van der Waals surface area contributed by atoms with E-state index in [4.69, 9.17) is 9.47 Å². The lowest BCUT2D eigenvalue weighted by atomic mass is 10.0.